The first-order chi connectivity index (χ1) is 13.9. The Labute approximate surface area is 168 Å². The Morgan fingerprint density at radius 1 is 1.31 bits per heavy atom. The van der Waals surface area contributed by atoms with Gasteiger partial charge in [0.25, 0.3) is 5.91 Å². The van der Waals surface area contributed by atoms with E-state index in [1.807, 2.05) is 26.0 Å². The van der Waals surface area contributed by atoms with Crippen molar-refractivity contribution in [1.29, 1.82) is 0 Å². The van der Waals surface area contributed by atoms with Gasteiger partial charge in [0.15, 0.2) is 5.82 Å². The molecule has 1 atom stereocenters. The van der Waals surface area contributed by atoms with Crippen LogP contribution in [0.25, 0.3) is 16.8 Å². The van der Waals surface area contributed by atoms with E-state index in [1.54, 1.807) is 42.5 Å². The fourth-order valence-corrected chi connectivity index (χ4v) is 3.38. The van der Waals surface area contributed by atoms with E-state index in [0.717, 1.165) is 22.4 Å². The molecule has 29 heavy (non-hydrogen) atoms. The van der Waals surface area contributed by atoms with Gasteiger partial charge in [-0.25, -0.2) is 0 Å². The molecule has 0 fully saturated rings. The number of aliphatic hydroxyl groups excluding tert-OH is 1. The van der Waals surface area contributed by atoms with Crippen molar-refractivity contribution in [3.8, 4) is 11.3 Å². The Morgan fingerprint density at radius 3 is 2.90 bits per heavy atom. The third-order valence-corrected chi connectivity index (χ3v) is 4.75. The number of allylic oxidation sites excluding steroid dienone is 1. The summed E-state index contributed by atoms with van der Waals surface area (Å²) in [4.78, 5) is 21.3. The number of carbonyl (C=O) groups excluding carboxylic acids is 1. The van der Waals surface area contributed by atoms with Crippen LogP contribution in [0.5, 0.6) is 0 Å². The van der Waals surface area contributed by atoms with Crippen LogP contribution in [0.2, 0.25) is 0 Å². The number of aromatic nitrogens is 4. The first kappa shape index (κ1) is 18.8. The molecule has 0 saturated heterocycles. The van der Waals surface area contributed by atoms with Crippen molar-refractivity contribution >= 4 is 23.0 Å². The van der Waals surface area contributed by atoms with E-state index >= 15 is 0 Å². The highest BCUT2D eigenvalue weighted by Crippen LogP contribution is 2.36. The third kappa shape index (κ3) is 3.74. The number of pyridine rings is 2. The minimum Gasteiger partial charge on any atom is -0.391 e. The van der Waals surface area contributed by atoms with Crippen molar-refractivity contribution in [2.45, 2.75) is 33.4 Å². The van der Waals surface area contributed by atoms with Crippen molar-refractivity contribution in [2.75, 3.05) is 10.6 Å². The molecule has 4 rings (SSSR count). The van der Waals surface area contributed by atoms with Gasteiger partial charge in [-0.3, -0.25) is 19.4 Å². The van der Waals surface area contributed by atoms with Crippen LogP contribution in [0.1, 0.15) is 25.0 Å². The molecule has 0 saturated carbocycles. The zero-order valence-corrected chi connectivity index (χ0v) is 16.5. The molecule has 1 aliphatic rings. The minimum atomic E-state index is -0.489. The summed E-state index contributed by atoms with van der Waals surface area (Å²) >= 11 is 0. The summed E-state index contributed by atoms with van der Waals surface area (Å²) in [5, 5.41) is 19.9. The van der Waals surface area contributed by atoms with E-state index in [1.165, 1.54) is 0 Å². The molecule has 148 valence electrons. The second-order valence-corrected chi connectivity index (χ2v) is 7.16. The average Bonchev–Trinajstić information content (AvgIpc) is 3.23. The Kier molecular flexibility index (Phi) is 4.85. The molecule has 3 N–H and O–H groups in total. The number of hydrogen-bond donors (Lipinski definition) is 3. The summed E-state index contributed by atoms with van der Waals surface area (Å²) in [6.07, 6.45) is 6.48. The molecule has 0 spiro atoms. The second kappa shape index (κ2) is 7.48. The molecule has 0 aliphatic carbocycles. The molecular formula is C21H22N6O2. The molecule has 3 aromatic heterocycles. The number of hydrogen-bond acceptors (Lipinski definition) is 6. The van der Waals surface area contributed by atoms with Gasteiger partial charge in [-0.1, -0.05) is 0 Å². The average molecular weight is 390 g/mol. The number of rotatable bonds is 5. The van der Waals surface area contributed by atoms with Crippen LogP contribution in [0.15, 0.2) is 48.7 Å². The fourth-order valence-electron chi connectivity index (χ4n) is 3.38. The first-order valence-electron chi connectivity index (χ1n) is 9.34. The van der Waals surface area contributed by atoms with Gasteiger partial charge >= 0.3 is 0 Å². The number of aliphatic hydroxyl groups is 1. The van der Waals surface area contributed by atoms with Crippen molar-refractivity contribution in [1.82, 2.24) is 19.7 Å². The summed E-state index contributed by atoms with van der Waals surface area (Å²) < 4.78 is 1.65. The lowest BCUT2D eigenvalue weighted by atomic mass is 10.0. The van der Waals surface area contributed by atoms with Crippen LogP contribution in [0.4, 0.5) is 11.5 Å². The Balaban J connectivity index is 1.68. The number of nitrogens with zero attached hydrogens (tertiary/aromatic N) is 4. The highest BCUT2D eigenvalue weighted by Gasteiger charge is 2.27. The van der Waals surface area contributed by atoms with E-state index < -0.39 is 6.10 Å². The number of anilines is 2. The largest absolute Gasteiger partial charge is 0.391 e. The highest BCUT2D eigenvalue weighted by molar-refractivity contribution is 6.32. The van der Waals surface area contributed by atoms with Gasteiger partial charge in [0, 0.05) is 41.5 Å². The molecular weight excluding hydrogens is 368 g/mol. The summed E-state index contributed by atoms with van der Waals surface area (Å²) in [5.74, 6) is 0.421. The lowest BCUT2D eigenvalue weighted by molar-refractivity contribution is -0.110. The number of amides is 1. The van der Waals surface area contributed by atoms with Gasteiger partial charge in [0.1, 0.15) is 0 Å². The van der Waals surface area contributed by atoms with Crippen molar-refractivity contribution in [3.63, 3.8) is 0 Å². The van der Waals surface area contributed by atoms with Gasteiger partial charge in [-0.15, -0.1) is 0 Å². The van der Waals surface area contributed by atoms with Crippen LogP contribution in [0.3, 0.4) is 0 Å². The highest BCUT2D eigenvalue weighted by atomic mass is 16.3. The molecule has 1 aliphatic heterocycles. The van der Waals surface area contributed by atoms with Crippen molar-refractivity contribution in [3.05, 3.63) is 59.8 Å². The Bertz CT molecular complexity index is 1120. The van der Waals surface area contributed by atoms with Gasteiger partial charge in [0.05, 0.1) is 35.8 Å². The standard InChI is InChI=1S/C21H22N6O2/c1-12-4-6-22-9-16(12)17-8-15-18(10-23-17)25-21(29)20(15)14(3)24-19-5-7-27(26-19)11-13(2)28/h4-10,13,28H,11H2,1-3H3,(H,24,26)(H,25,29)/b20-14-/t13-/m1/s1. The first-order valence-corrected chi connectivity index (χ1v) is 9.34. The van der Waals surface area contributed by atoms with Crippen LogP contribution in [0, 0.1) is 6.92 Å². The zero-order valence-electron chi connectivity index (χ0n) is 16.5. The van der Waals surface area contributed by atoms with E-state index in [2.05, 4.69) is 25.7 Å². The second-order valence-electron chi connectivity index (χ2n) is 7.16. The molecule has 1 amide bonds. The molecule has 4 heterocycles. The lowest BCUT2D eigenvalue weighted by Crippen LogP contribution is -2.12. The van der Waals surface area contributed by atoms with Gasteiger partial charge in [-0.2, -0.15) is 5.10 Å². The SMILES string of the molecule is C/C(Nc1ccn(C[C@@H](C)O)n1)=C1/C(=O)Nc2cnc(-c3cnccc3C)cc21. The maximum atomic E-state index is 12.6. The van der Waals surface area contributed by atoms with Crippen LogP contribution in [-0.4, -0.2) is 36.9 Å². The molecule has 3 aromatic rings. The monoisotopic (exact) mass is 390 g/mol. The molecule has 0 unspecified atom stereocenters. The molecule has 0 aromatic carbocycles. The number of fused-ring (bicyclic) bond motifs is 1. The number of carbonyl (C=O) groups is 1. The molecule has 8 heteroatoms. The van der Waals surface area contributed by atoms with Crippen LogP contribution in [-0.2, 0) is 11.3 Å². The molecule has 0 bridgehead atoms. The summed E-state index contributed by atoms with van der Waals surface area (Å²) in [6, 6.07) is 5.64. The maximum Gasteiger partial charge on any atom is 0.258 e. The summed E-state index contributed by atoms with van der Waals surface area (Å²) in [7, 11) is 0. The minimum absolute atomic E-state index is 0.185. The Hall–Kier alpha value is -3.52. The predicted molar refractivity (Wildman–Crippen MR) is 111 cm³/mol. The van der Waals surface area contributed by atoms with Crippen LogP contribution < -0.4 is 10.6 Å². The van der Waals surface area contributed by atoms with Gasteiger partial charge in [0.2, 0.25) is 0 Å². The van der Waals surface area contributed by atoms with E-state index in [-0.39, 0.29) is 5.91 Å². The predicted octanol–water partition coefficient (Wildman–Crippen LogP) is 2.82. The molecule has 0 radical (unpaired) electrons. The number of aryl methyl sites for hydroxylation is 1. The number of nitrogens with one attached hydrogen (secondary N) is 2. The topological polar surface area (TPSA) is 105 Å². The van der Waals surface area contributed by atoms with Gasteiger partial charge < -0.3 is 15.7 Å². The zero-order chi connectivity index (χ0) is 20.5. The van der Waals surface area contributed by atoms with Crippen LogP contribution >= 0.6 is 0 Å². The van der Waals surface area contributed by atoms with E-state index in [0.29, 0.717) is 29.3 Å². The quantitative estimate of drug-likeness (QED) is 0.579. The van der Waals surface area contributed by atoms with Crippen molar-refractivity contribution in [2.24, 2.45) is 0 Å². The Morgan fingerprint density at radius 2 is 2.14 bits per heavy atom. The third-order valence-electron chi connectivity index (χ3n) is 4.75. The molecule has 8 nitrogen and oxygen atoms in total. The fraction of sp³-hybridized carbons (Fsp3) is 0.238. The van der Waals surface area contributed by atoms with Crippen molar-refractivity contribution < 1.29 is 9.90 Å². The lowest BCUT2D eigenvalue weighted by Gasteiger charge is -2.09. The smallest absolute Gasteiger partial charge is 0.258 e. The van der Waals surface area contributed by atoms with E-state index in [4.69, 9.17) is 0 Å². The van der Waals surface area contributed by atoms with Gasteiger partial charge in [-0.05, 0) is 38.5 Å². The van der Waals surface area contributed by atoms with E-state index in [9.17, 15) is 9.90 Å². The normalized spacial score (nSPS) is 15.7. The maximum absolute atomic E-state index is 12.6. The summed E-state index contributed by atoms with van der Waals surface area (Å²) in [5.41, 5.74) is 5.45. The summed E-state index contributed by atoms with van der Waals surface area (Å²) in [6.45, 7) is 5.95.